The van der Waals surface area contributed by atoms with Crippen molar-refractivity contribution in [2.45, 2.75) is 6.61 Å². The third-order valence-electron chi connectivity index (χ3n) is 4.50. The van der Waals surface area contributed by atoms with Gasteiger partial charge in [-0.3, -0.25) is 30.6 Å². The Balaban J connectivity index is 1.77. The number of hydrogen-bond donors (Lipinski definition) is 2. The van der Waals surface area contributed by atoms with Crippen LogP contribution in [0.1, 0.15) is 26.4 Å². The first-order valence-corrected chi connectivity index (χ1v) is 10.5. The SMILES string of the molecule is COc1cc(C(=O)NNC(=O)c2cccc(N(C)C)c2)c([N+](=O)[O-])cc1OCc1cscn1. The molecule has 0 radical (unpaired) electrons. The van der Waals surface area contributed by atoms with Crippen LogP contribution >= 0.6 is 11.3 Å². The third kappa shape index (κ3) is 5.74. The van der Waals surface area contributed by atoms with Gasteiger partial charge in [-0.1, -0.05) is 6.07 Å². The number of carbonyl (C=O) groups excluding carboxylic acids is 2. The standard InChI is InChI=1S/C21H21N5O6S/c1-25(2)15-6-4-5-13(7-15)20(27)23-24-21(28)16-8-18(31-3)19(9-17(16)26(29)30)32-10-14-11-33-12-22-14/h4-9,11-12H,10H2,1-3H3,(H,23,27)(H,24,28). The molecule has 33 heavy (non-hydrogen) atoms. The summed E-state index contributed by atoms with van der Waals surface area (Å²) in [6, 6.07) is 9.02. The Labute approximate surface area is 193 Å². The molecule has 0 saturated carbocycles. The van der Waals surface area contributed by atoms with Gasteiger partial charge in [0.1, 0.15) is 12.2 Å². The summed E-state index contributed by atoms with van der Waals surface area (Å²) >= 11 is 1.39. The molecule has 12 heteroatoms. The number of methoxy groups -OCH3 is 1. The number of aromatic nitrogens is 1. The fraction of sp³-hybridized carbons (Fsp3) is 0.190. The van der Waals surface area contributed by atoms with Gasteiger partial charge >= 0.3 is 0 Å². The molecule has 0 spiro atoms. The summed E-state index contributed by atoms with van der Waals surface area (Å²) in [5.74, 6) is -1.27. The summed E-state index contributed by atoms with van der Waals surface area (Å²) in [4.78, 5) is 41.9. The van der Waals surface area contributed by atoms with E-state index >= 15 is 0 Å². The number of nitrogens with zero attached hydrogens (tertiary/aromatic N) is 3. The molecule has 1 heterocycles. The van der Waals surface area contributed by atoms with Crippen molar-refractivity contribution in [2.24, 2.45) is 0 Å². The summed E-state index contributed by atoms with van der Waals surface area (Å²) in [5.41, 5.74) is 7.04. The zero-order chi connectivity index (χ0) is 24.0. The Bertz CT molecular complexity index is 1170. The minimum absolute atomic E-state index is 0.0740. The molecule has 0 unspecified atom stereocenters. The topological polar surface area (TPSA) is 136 Å². The van der Waals surface area contributed by atoms with E-state index in [1.54, 1.807) is 29.1 Å². The number of anilines is 1. The average Bonchev–Trinajstić information content (AvgIpc) is 3.34. The summed E-state index contributed by atoms with van der Waals surface area (Å²) in [7, 11) is 5.00. The van der Waals surface area contributed by atoms with Crippen LogP contribution in [0, 0.1) is 10.1 Å². The number of amides is 2. The van der Waals surface area contributed by atoms with E-state index in [0.29, 0.717) is 11.3 Å². The van der Waals surface area contributed by atoms with Crippen LogP contribution in [0.25, 0.3) is 0 Å². The molecule has 11 nitrogen and oxygen atoms in total. The Morgan fingerprint density at radius 1 is 1.15 bits per heavy atom. The van der Waals surface area contributed by atoms with Crippen LogP contribution in [0.4, 0.5) is 11.4 Å². The van der Waals surface area contributed by atoms with Gasteiger partial charge in [0, 0.05) is 36.8 Å². The zero-order valence-corrected chi connectivity index (χ0v) is 18.8. The van der Waals surface area contributed by atoms with Crippen molar-refractivity contribution in [2.75, 3.05) is 26.1 Å². The molecule has 0 aliphatic heterocycles. The normalized spacial score (nSPS) is 10.3. The van der Waals surface area contributed by atoms with Crippen LogP contribution in [0.3, 0.4) is 0 Å². The minimum Gasteiger partial charge on any atom is -0.493 e. The number of nitro groups is 1. The van der Waals surface area contributed by atoms with Crippen LogP contribution < -0.4 is 25.2 Å². The van der Waals surface area contributed by atoms with Crippen LogP contribution in [-0.2, 0) is 6.61 Å². The van der Waals surface area contributed by atoms with Gasteiger partial charge in [0.2, 0.25) is 0 Å². The Morgan fingerprint density at radius 3 is 2.55 bits per heavy atom. The van der Waals surface area contributed by atoms with Gasteiger partial charge in [-0.15, -0.1) is 11.3 Å². The lowest BCUT2D eigenvalue weighted by Crippen LogP contribution is -2.41. The second kappa shape index (κ2) is 10.4. The molecule has 0 aliphatic rings. The first kappa shape index (κ1) is 23.5. The number of thiazole rings is 1. The summed E-state index contributed by atoms with van der Waals surface area (Å²) < 4.78 is 10.8. The summed E-state index contributed by atoms with van der Waals surface area (Å²) in [5, 5.41) is 13.4. The molecule has 2 N–H and O–H groups in total. The lowest BCUT2D eigenvalue weighted by atomic mass is 10.1. The Morgan fingerprint density at radius 2 is 1.91 bits per heavy atom. The lowest BCUT2D eigenvalue weighted by molar-refractivity contribution is -0.385. The van der Waals surface area contributed by atoms with E-state index in [9.17, 15) is 19.7 Å². The van der Waals surface area contributed by atoms with E-state index < -0.39 is 22.4 Å². The largest absolute Gasteiger partial charge is 0.493 e. The number of hydrazine groups is 1. The number of hydrogen-bond acceptors (Lipinski definition) is 9. The maximum atomic E-state index is 12.7. The van der Waals surface area contributed by atoms with Gasteiger partial charge in [-0.2, -0.15) is 0 Å². The van der Waals surface area contributed by atoms with Gasteiger partial charge in [0.05, 0.1) is 29.3 Å². The Kier molecular flexibility index (Phi) is 7.41. The molecule has 2 amide bonds. The zero-order valence-electron chi connectivity index (χ0n) is 18.0. The lowest BCUT2D eigenvalue weighted by Gasteiger charge is -2.14. The maximum absolute atomic E-state index is 12.7. The Hall–Kier alpha value is -4.19. The molecular weight excluding hydrogens is 450 g/mol. The average molecular weight is 471 g/mol. The highest BCUT2D eigenvalue weighted by molar-refractivity contribution is 7.07. The van der Waals surface area contributed by atoms with Gasteiger partial charge in [0.15, 0.2) is 11.5 Å². The van der Waals surface area contributed by atoms with E-state index in [2.05, 4.69) is 15.8 Å². The number of nitro benzene ring substituents is 1. The number of carbonyl (C=O) groups is 2. The van der Waals surface area contributed by atoms with Gasteiger partial charge in [-0.05, 0) is 18.2 Å². The molecule has 0 bridgehead atoms. The first-order valence-electron chi connectivity index (χ1n) is 9.54. The molecule has 0 aliphatic carbocycles. The third-order valence-corrected chi connectivity index (χ3v) is 5.13. The second-order valence-electron chi connectivity index (χ2n) is 6.90. The molecule has 0 atom stereocenters. The fourth-order valence-corrected chi connectivity index (χ4v) is 3.34. The number of rotatable bonds is 8. The van der Waals surface area contributed by atoms with E-state index in [4.69, 9.17) is 9.47 Å². The number of ether oxygens (including phenoxy) is 2. The van der Waals surface area contributed by atoms with Crippen molar-refractivity contribution in [1.82, 2.24) is 15.8 Å². The molecule has 172 valence electrons. The number of nitrogens with one attached hydrogen (secondary N) is 2. The van der Waals surface area contributed by atoms with Gasteiger partial charge < -0.3 is 14.4 Å². The molecule has 3 aromatic rings. The summed E-state index contributed by atoms with van der Waals surface area (Å²) in [6.45, 7) is 0.0740. The predicted octanol–water partition coefficient (Wildman–Crippen LogP) is 2.78. The van der Waals surface area contributed by atoms with Crippen molar-refractivity contribution < 1.29 is 24.0 Å². The van der Waals surface area contributed by atoms with Gasteiger partial charge in [-0.25, -0.2) is 4.98 Å². The maximum Gasteiger partial charge on any atom is 0.286 e. The van der Waals surface area contributed by atoms with Crippen LogP contribution in [0.5, 0.6) is 11.5 Å². The first-order chi connectivity index (χ1) is 15.8. The second-order valence-corrected chi connectivity index (χ2v) is 7.62. The predicted molar refractivity (Wildman–Crippen MR) is 122 cm³/mol. The van der Waals surface area contributed by atoms with Crippen LogP contribution in [-0.4, -0.2) is 42.9 Å². The van der Waals surface area contributed by atoms with Crippen molar-refractivity contribution in [3.8, 4) is 11.5 Å². The van der Waals surface area contributed by atoms with E-state index in [1.165, 1.54) is 24.5 Å². The quantitative estimate of drug-likeness (QED) is 0.378. The molecular formula is C21H21N5O6S. The summed E-state index contributed by atoms with van der Waals surface area (Å²) in [6.07, 6.45) is 0. The van der Waals surface area contributed by atoms with Crippen molar-refractivity contribution in [3.05, 3.63) is 74.2 Å². The van der Waals surface area contributed by atoms with Crippen LogP contribution in [0.2, 0.25) is 0 Å². The van der Waals surface area contributed by atoms with E-state index in [0.717, 1.165) is 11.8 Å². The molecule has 0 saturated heterocycles. The highest BCUT2D eigenvalue weighted by Gasteiger charge is 2.25. The molecule has 2 aromatic carbocycles. The fourth-order valence-electron chi connectivity index (χ4n) is 2.79. The molecule has 1 aromatic heterocycles. The van der Waals surface area contributed by atoms with Gasteiger partial charge in [0.25, 0.3) is 17.5 Å². The highest BCUT2D eigenvalue weighted by atomic mass is 32.1. The van der Waals surface area contributed by atoms with Crippen molar-refractivity contribution >= 4 is 34.5 Å². The highest BCUT2D eigenvalue weighted by Crippen LogP contribution is 2.35. The monoisotopic (exact) mass is 471 g/mol. The van der Waals surface area contributed by atoms with Crippen molar-refractivity contribution in [1.29, 1.82) is 0 Å². The minimum atomic E-state index is -0.886. The van der Waals surface area contributed by atoms with E-state index in [-0.39, 0.29) is 23.7 Å². The smallest absolute Gasteiger partial charge is 0.286 e. The molecule has 0 fully saturated rings. The van der Waals surface area contributed by atoms with Crippen LogP contribution in [0.15, 0.2) is 47.3 Å². The molecule has 3 rings (SSSR count). The van der Waals surface area contributed by atoms with Crippen molar-refractivity contribution in [3.63, 3.8) is 0 Å². The number of benzene rings is 2. The van der Waals surface area contributed by atoms with E-state index in [1.807, 2.05) is 25.1 Å².